The standard InChI is InChI=1S/2C13H28O/c2*1-3-4-5-6-7-8-9-10-11-12-13(2)14/h2*13-14H,3-12H2,1-2H3. The zero-order valence-corrected chi connectivity index (χ0v) is 20.2. The van der Waals surface area contributed by atoms with E-state index in [0.717, 1.165) is 12.8 Å². The van der Waals surface area contributed by atoms with Crippen LogP contribution in [0.2, 0.25) is 0 Å². The molecule has 2 unspecified atom stereocenters. The topological polar surface area (TPSA) is 40.5 Å². The lowest BCUT2D eigenvalue weighted by molar-refractivity contribution is 0.180. The molecule has 0 aromatic rings. The Morgan fingerprint density at radius 1 is 0.393 bits per heavy atom. The molecule has 0 saturated heterocycles. The quantitative estimate of drug-likeness (QED) is 0.201. The number of hydrogen-bond donors (Lipinski definition) is 2. The van der Waals surface area contributed by atoms with Crippen LogP contribution in [-0.2, 0) is 0 Å². The molecule has 0 aromatic carbocycles. The summed E-state index contributed by atoms with van der Waals surface area (Å²) in [5.74, 6) is 0. The Morgan fingerprint density at radius 3 is 0.821 bits per heavy atom. The molecule has 2 nitrogen and oxygen atoms in total. The van der Waals surface area contributed by atoms with Gasteiger partial charge in [-0.2, -0.15) is 0 Å². The SMILES string of the molecule is CCCCCCCCCCCC(C)O.CCCCCCCCCCCC(C)O. The lowest BCUT2D eigenvalue weighted by Gasteiger charge is -2.03. The predicted molar refractivity (Wildman–Crippen MR) is 127 cm³/mol. The Hall–Kier alpha value is -0.0800. The normalized spacial score (nSPS) is 13.1. The van der Waals surface area contributed by atoms with Crippen LogP contribution < -0.4 is 0 Å². The van der Waals surface area contributed by atoms with Gasteiger partial charge in [-0.05, 0) is 26.7 Å². The number of rotatable bonds is 20. The van der Waals surface area contributed by atoms with Gasteiger partial charge in [0.05, 0.1) is 12.2 Å². The van der Waals surface area contributed by atoms with Crippen molar-refractivity contribution in [1.29, 1.82) is 0 Å². The summed E-state index contributed by atoms with van der Waals surface area (Å²) in [5.41, 5.74) is 0. The molecule has 0 fully saturated rings. The highest BCUT2D eigenvalue weighted by Crippen LogP contribution is 2.12. The third-order valence-corrected chi connectivity index (χ3v) is 5.45. The van der Waals surface area contributed by atoms with Crippen molar-refractivity contribution >= 4 is 0 Å². The fraction of sp³-hybridized carbons (Fsp3) is 1.00. The molecule has 28 heavy (non-hydrogen) atoms. The summed E-state index contributed by atoms with van der Waals surface area (Å²) in [7, 11) is 0. The van der Waals surface area contributed by atoms with Gasteiger partial charge in [0, 0.05) is 0 Å². The fourth-order valence-corrected chi connectivity index (χ4v) is 3.50. The molecule has 0 rings (SSSR count). The lowest BCUT2D eigenvalue weighted by atomic mass is 10.1. The van der Waals surface area contributed by atoms with E-state index in [0.29, 0.717) is 0 Å². The first kappa shape index (κ1) is 30.1. The summed E-state index contributed by atoms with van der Waals surface area (Å²) < 4.78 is 0. The van der Waals surface area contributed by atoms with Crippen molar-refractivity contribution in [2.24, 2.45) is 0 Å². The van der Waals surface area contributed by atoms with Crippen LogP contribution in [0.3, 0.4) is 0 Å². The minimum atomic E-state index is -0.0976. The summed E-state index contributed by atoms with van der Waals surface area (Å²) in [6.07, 6.45) is 26.3. The van der Waals surface area contributed by atoms with E-state index in [1.807, 2.05) is 13.8 Å². The summed E-state index contributed by atoms with van der Waals surface area (Å²) in [6.45, 7) is 8.28. The average Bonchev–Trinajstić information content (AvgIpc) is 2.65. The van der Waals surface area contributed by atoms with E-state index in [2.05, 4.69) is 13.8 Å². The summed E-state index contributed by atoms with van der Waals surface area (Å²) in [5, 5.41) is 18.1. The first-order chi connectivity index (χ1) is 13.5. The molecule has 2 N–H and O–H groups in total. The second kappa shape index (κ2) is 26.9. The van der Waals surface area contributed by atoms with Crippen molar-refractivity contribution in [3.8, 4) is 0 Å². The third-order valence-electron chi connectivity index (χ3n) is 5.45. The first-order valence-corrected chi connectivity index (χ1v) is 12.9. The van der Waals surface area contributed by atoms with Gasteiger partial charge >= 0.3 is 0 Å². The fourth-order valence-electron chi connectivity index (χ4n) is 3.50. The summed E-state index contributed by atoms with van der Waals surface area (Å²) in [6, 6.07) is 0. The lowest BCUT2D eigenvalue weighted by Crippen LogP contribution is -1.98. The van der Waals surface area contributed by atoms with Crippen LogP contribution in [0.5, 0.6) is 0 Å². The van der Waals surface area contributed by atoms with Crippen LogP contribution in [0.25, 0.3) is 0 Å². The largest absolute Gasteiger partial charge is 0.393 e. The number of unbranched alkanes of at least 4 members (excludes halogenated alkanes) is 16. The molecular formula is C26H56O2. The van der Waals surface area contributed by atoms with Crippen molar-refractivity contribution < 1.29 is 10.2 Å². The highest BCUT2D eigenvalue weighted by molar-refractivity contribution is 4.51. The Bertz CT molecular complexity index is 225. The minimum absolute atomic E-state index is 0.0976. The summed E-state index contributed by atoms with van der Waals surface area (Å²) >= 11 is 0. The summed E-state index contributed by atoms with van der Waals surface area (Å²) in [4.78, 5) is 0. The van der Waals surface area contributed by atoms with Gasteiger partial charge in [-0.3, -0.25) is 0 Å². The minimum Gasteiger partial charge on any atom is -0.393 e. The molecular weight excluding hydrogens is 344 g/mol. The maximum absolute atomic E-state index is 9.05. The number of hydrogen-bond acceptors (Lipinski definition) is 2. The van der Waals surface area contributed by atoms with Crippen LogP contribution in [-0.4, -0.2) is 22.4 Å². The van der Waals surface area contributed by atoms with E-state index in [4.69, 9.17) is 10.2 Å². The van der Waals surface area contributed by atoms with Crippen LogP contribution >= 0.6 is 0 Å². The van der Waals surface area contributed by atoms with Crippen LogP contribution in [0.15, 0.2) is 0 Å². The molecule has 172 valence electrons. The monoisotopic (exact) mass is 400 g/mol. The molecule has 0 aliphatic heterocycles. The Morgan fingerprint density at radius 2 is 0.607 bits per heavy atom. The van der Waals surface area contributed by atoms with Gasteiger partial charge in [0.25, 0.3) is 0 Å². The highest BCUT2D eigenvalue weighted by atomic mass is 16.3. The first-order valence-electron chi connectivity index (χ1n) is 12.9. The zero-order chi connectivity index (χ0) is 21.3. The Balaban J connectivity index is 0. The molecule has 0 aromatic heterocycles. The molecule has 2 atom stereocenters. The van der Waals surface area contributed by atoms with Crippen LogP contribution in [0.1, 0.15) is 156 Å². The van der Waals surface area contributed by atoms with E-state index < -0.39 is 0 Å². The van der Waals surface area contributed by atoms with E-state index in [-0.39, 0.29) is 12.2 Å². The maximum Gasteiger partial charge on any atom is 0.0512 e. The molecule has 0 radical (unpaired) electrons. The second-order valence-electron chi connectivity index (χ2n) is 8.93. The maximum atomic E-state index is 9.05. The molecule has 0 aliphatic rings. The van der Waals surface area contributed by atoms with Crippen molar-refractivity contribution in [2.45, 2.75) is 168 Å². The highest BCUT2D eigenvalue weighted by Gasteiger charge is 1.96. The van der Waals surface area contributed by atoms with Crippen molar-refractivity contribution in [2.75, 3.05) is 0 Å². The number of aliphatic hydroxyl groups excluding tert-OH is 2. The molecule has 0 spiro atoms. The predicted octanol–water partition coefficient (Wildman–Crippen LogP) is 8.58. The molecule has 0 aliphatic carbocycles. The van der Waals surface area contributed by atoms with Gasteiger partial charge < -0.3 is 10.2 Å². The van der Waals surface area contributed by atoms with Gasteiger partial charge in [0.2, 0.25) is 0 Å². The van der Waals surface area contributed by atoms with Gasteiger partial charge in [-0.25, -0.2) is 0 Å². The third kappa shape index (κ3) is 33.5. The van der Waals surface area contributed by atoms with Gasteiger partial charge in [-0.1, -0.05) is 129 Å². The van der Waals surface area contributed by atoms with Gasteiger partial charge in [0.1, 0.15) is 0 Å². The van der Waals surface area contributed by atoms with Crippen LogP contribution in [0, 0.1) is 0 Å². The van der Waals surface area contributed by atoms with E-state index >= 15 is 0 Å². The van der Waals surface area contributed by atoms with Crippen molar-refractivity contribution in [3.63, 3.8) is 0 Å². The second-order valence-corrected chi connectivity index (χ2v) is 8.93. The van der Waals surface area contributed by atoms with E-state index in [1.54, 1.807) is 0 Å². The molecule has 2 heteroatoms. The van der Waals surface area contributed by atoms with Crippen molar-refractivity contribution in [1.82, 2.24) is 0 Å². The van der Waals surface area contributed by atoms with Crippen LogP contribution in [0.4, 0.5) is 0 Å². The molecule has 0 saturated carbocycles. The molecule has 0 heterocycles. The van der Waals surface area contributed by atoms with E-state index in [9.17, 15) is 0 Å². The van der Waals surface area contributed by atoms with Gasteiger partial charge in [0.15, 0.2) is 0 Å². The molecule has 0 bridgehead atoms. The average molecular weight is 401 g/mol. The van der Waals surface area contributed by atoms with Gasteiger partial charge in [-0.15, -0.1) is 0 Å². The Labute approximate surface area is 178 Å². The van der Waals surface area contributed by atoms with Crippen molar-refractivity contribution in [3.05, 3.63) is 0 Å². The zero-order valence-electron chi connectivity index (χ0n) is 20.2. The number of aliphatic hydroxyl groups is 2. The Kier molecular flexibility index (Phi) is 29.0. The molecule has 0 amide bonds. The smallest absolute Gasteiger partial charge is 0.0512 e. The van der Waals surface area contributed by atoms with E-state index in [1.165, 1.54) is 116 Å².